The number of methoxy groups -OCH3 is 1. The van der Waals surface area contributed by atoms with Gasteiger partial charge in [-0.2, -0.15) is 0 Å². The Morgan fingerprint density at radius 2 is 1.84 bits per heavy atom. The van der Waals surface area contributed by atoms with Crippen molar-refractivity contribution in [3.8, 4) is 5.75 Å². The molecule has 6 heteroatoms. The number of amides is 2. The molecule has 0 saturated carbocycles. The first-order chi connectivity index (χ1) is 15.7. The molecule has 5 rings (SSSR count). The van der Waals surface area contributed by atoms with E-state index in [1.165, 1.54) is 0 Å². The summed E-state index contributed by atoms with van der Waals surface area (Å²) in [6, 6.07) is 21.5. The molecule has 0 radical (unpaired) electrons. The van der Waals surface area contributed by atoms with E-state index in [0.717, 1.165) is 28.3 Å². The van der Waals surface area contributed by atoms with Crippen LogP contribution in [0.4, 0.5) is 5.69 Å². The van der Waals surface area contributed by atoms with Crippen molar-refractivity contribution >= 4 is 39.4 Å². The van der Waals surface area contributed by atoms with Crippen LogP contribution >= 0.6 is 0 Å². The van der Waals surface area contributed by atoms with Crippen molar-refractivity contribution < 1.29 is 18.7 Å². The molecule has 0 spiro atoms. The Labute approximate surface area is 185 Å². The molecule has 2 amide bonds. The predicted octanol–water partition coefficient (Wildman–Crippen LogP) is 4.31. The number of anilines is 1. The smallest absolute Gasteiger partial charge is 0.239 e. The lowest BCUT2D eigenvalue weighted by Crippen LogP contribution is -2.37. The second kappa shape index (κ2) is 8.38. The molecule has 1 aliphatic rings. The Hall–Kier alpha value is -3.80. The van der Waals surface area contributed by atoms with Gasteiger partial charge in [-0.25, -0.2) is 0 Å². The molecular weight excluding hydrogens is 404 g/mol. The Kier molecular flexibility index (Phi) is 5.27. The second-order valence-corrected chi connectivity index (χ2v) is 7.98. The number of hydrogen-bond donors (Lipinski definition) is 1. The quantitative estimate of drug-likeness (QED) is 0.465. The van der Waals surface area contributed by atoms with Gasteiger partial charge in [0.2, 0.25) is 11.8 Å². The topological polar surface area (TPSA) is 71.8 Å². The van der Waals surface area contributed by atoms with E-state index in [1.807, 2.05) is 66.7 Å². The van der Waals surface area contributed by atoms with Crippen LogP contribution in [-0.4, -0.2) is 32.0 Å². The molecule has 6 nitrogen and oxygen atoms in total. The Morgan fingerprint density at radius 1 is 1.06 bits per heavy atom. The van der Waals surface area contributed by atoms with E-state index in [4.69, 9.17) is 9.15 Å². The highest BCUT2D eigenvalue weighted by Gasteiger charge is 2.38. The summed E-state index contributed by atoms with van der Waals surface area (Å²) in [7, 11) is 1.58. The summed E-state index contributed by atoms with van der Waals surface area (Å²) in [5.74, 6) is -0.544. The van der Waals surface area contributed by atoms with Crippen LogP contribution in [0.15, 0.2) is 71.1 Å². The molecule has 1 N–H and O–H groups in total. The maximum absolute atomic E-state index is 13.1. The molecule has 162 valence electrons. The molecule has 0 bridgehead atoms. The van der Waals surface area contributed by atoms with Crippen LogP contribution in [0.5, 0.6) is 5.75 Å². The average Bonchev–Trinajstić information content (AvgIpc) is 3.38. The first-order valence-electron chi connectivity index (χ1n) is 10.8. The molecule has 0 aliphatic carbocycles. The number of nitrogens with one attached hydrogen (secondary N) is 1. The number of benzene rings is 3. The Balaban J connectivity index is 1.34. The fourth-order valence-electron chi connectivity index (χ4n) is 4.38. The zero-order chi connectivity index (χ0) is 22.1. The van der Waals surface area contributed by atoms with Gasteiger partial charge in [-0.3, -0.25) is 9.59 Å². The van der Waals surface area contributed by atoms with Gasteiger partial charge in [-0.1, -0.05) is 48.5 Å². The minimum absolute atomic E-state index is 0.212. The Morgan fingerprint density at radius 3 is 2.66 bits per heavy atom. The van der Waals surface area contributed by atoms with Crippen LogP contribution < -0.4 is 15.0 Å². The molecule has 1 fully saturated rings. The predicted molar refractivity (Wildman–Crippen MR) is 124 cm³/mol. The van der Waals surface area contributed by atoms with E-state index in [9.17, 15) is 9.59 Å². The van der Waals surface area contributed by atoms with Gasteiger partial charge >= 0.3 is 0 Å². The van der Waals surface area contributed by atoms with Gasteiger partial charge in [0.15, 0.2) is 0 Å². The summed E-state index contributed by atoms with van der Waals surface area (Å²) in [5.41, 5.74) is 3.25. The number of fused-ring (bicyclic) bond motifs is 3. The minimum Gasteiger partial charge on any atom is -0.495 e. The molecule has 4 aromatic rings. The van der Waals surface area contributed by atoms with E-state index in [2.05, 4.69) is 5.32 Å². The minimum atomic E-state index is -0.693. The summed E-state index contributed by atoms with van der Waals surface area (Å²) >= 11 is 0. The number of carbonyl (C=O) groups is 2. The van der Waals surface area contributed by atoms with Crippen molar-refractivity contribution in [1.82, 2.24) is 5.32 Å². The molecule has 1 unspecified atom stereocenters. The zero-order valence-corrected chi connectivity index (χ0v) is 17.8. The highest BCUT2D eigenvalue weighted by Crippen LogP contribution is 2.40. The Bertz CT molecular complexity index is 1300. The van der Waals surface area contributed by atoms with Gasteiger partial charge in [0, 0.05) is 29.9 Å². The molecule has 32 heavy (non-hydrogen) atoms. The van der Waals surface area contributed by atoms with Crippen LogP contribution in [0.2, 0.25) is 0 Å². The van der Waals surface area contributed by atoms with Crippen molar-refractivity contribution in [2.75, 3.05) is 25.1 Å². The molecule has 1 atom stereocenters. The van der Waals surface area contributed by atoms with E-state index in [-0.39, 0.29) is 11.8 Å². The number of para-hydroxylation sites is 1. The lowest BCUT2D eigenvalue weighted by Gasteiger charge is -2.19. The van der Waals surface area contributed by atoms with Crippen LogP contribution in [0.25, 0.3) is 21.9 Å². The second-order valence-electron chi connectivity index (χ2n) is 7.98. The normalized spacial score (nSPS) is 16.1. The highest BCUT2D eigenvalue weighted by molar-refractivity contribution is 6.12. The molecule has 1 saturated heterocycles. The van der Waals surface area contributed by atoms with Crippen LogP contribution in [0.1, 0.15) is 12.0 Å². The molecule has 2 heterocycles. The molecule has 1 aliphatic heterocycles. The van der Waals surface area contributed by atoms with Gasteiger partial charge in [-0.15, -0.1) is 0 Å². The van der Waals surface area contributed by atoms with Gasteiger partial charge in [0.05, 0.1) is 12.8 Å². The number of furan rings is 1. The maximum atomic E-state index is 13.1. The third-order valence-corrected chi connectivity index (χ3v) is 6.05. The van der Waals surface area contributed by atoms with Gasteiger partial charge < -0.3 is 19.4 Å². The van der Waals surface area contributed by atoms with Crippen LogP contribution in [0, 0.1) is 5.92 Å². The molecule has 1 aromatic heterocycles. The maximum Gasteiger partial charge on any atom is 0.239 e. The molecular formula is C26H24N2O4. The van der Waals surface area contributed by atoms with Crippen molar-refractivity contribution in [2.45, 2.75) is 12.8 Å². The number of rotatable bonds is 6. The fourth-order valence-corrected chi connectivity index (χ4v) is 4.38. The zero-order valence-electron chi connectivity index (χ0n) is 17.8. The van der Waals surface area contributed by atoms with E-state index in [1.54, 1.807) is 12.0 Å². The highest BCUT2D eigenvalue weighted by atomic mass is 16.5. The summed E-state index contributed by atoms with van der Waals surface area (Å²) in [5, 5.41) is 4.84. The van der Waals surface area contributed by atoms with E-state index in [0.29, 0.717) is 36.5 Å². The lowest BCUT2D eigenvalue weighted by atomic mass is 10.1. The van der Waals surface area contributed by atoms with Gasteiger partial charge in [0.1, 0.15) is 22.8 Å². The number of nitrogens with zero attached hydrogens (tertiary/aromatic N) is 1. The summed E-state index contributed by atoms with van der Waals surface area (Å²) in [6.45, 7) is 0.957. The first kappa shape index (κ1) is 20.1. The van der Waals surface area contributed by atoms with Crippen molar-refractivity contribution in [1.29, 1.82) is 0 Å². The number of hydrogen-bond acceptors (Lipinski definition) is 4. The van der Waals surface area contributed by atoms with Crippen molar-refractivity contribution in [3.63, 3.8) is 0 Å². The average molecular weight is 428 g/mol. The molecule has 3 aromatic carbocycles. The first-order valence-corrected chi connectivity index (χ1v) is 10.8. The summed E-state index contributed by atoms with van der Waals surface area (Å²) < 4.78 is 11.6. The van der Waals surface area contributed by atoms with E-state index < -0.39 is 5.92 Å². The number of carbonyl (C=O) groups excluding carboxylic acids is 2. The van der Waals surface area contributed by atoms with Crippen molar-refractivity contribution in [2.24, 2.45) is 5.92 Å². The van der Waals surface area contributed by atoms with E-state index >= 15 is 0 Å². The summed E-state index contributed by atoms with van der Waals surface area (Å²) in [4.78, 5) is 27.5. The monoisotopic (exact) mass is 428 g/mol. The van der Waals surface area contributed by atoms with Crippen molar-refractivity contribution in [3.05, 3.63) is 72.3 Å². The lowest BCUT2D eigenvalue weighted by molar-refractivity contribution is -0.132. The standard InChI is InChI=1S/C26H24N2O4/c1-31-24-15-20-18-9-5-6-10-22(18)32-23(20)16-21(24)28-14-12-19(26(28)30)25(29)27-13-11-17-7-3-2-4-8-17/h2-10,15-16,19H,11-14H2,1H3,(H,27,29). The van der Waals surface area contributed by atoms with Crippen LogP contribution in [0.3, 0.4) is 0 Å². The van der Waals surface area contributed by atoms with Crippen LogP contribution in [-0.2, 0) is 16.0 Å². The van der Waals surface area contributed by atoms with Gasteiger partial charge in [-0.05, 0) is 30.5 Å². The summed E-state index contributed by atoms with van der Waals surface area (Å²) in [6.07, 6.45) is 1.20. The SMILES string of the molecule is COc1cc2c(cc1N1CCC(C(=O)NCCc3ccccc3)C1=O)oc1ccccc12. The van der Waals surface area contributed by atoms with Gasteiger partial charge in [0.25, 0.3) is 0 Å². The number of ether oxygens (including phenoxy) is 1. The third-order valence-electron chi connectivity index (χ3n) is 6.05. The largest absolute Gasteiger partial charge is 0.495 e. The third kappa shape index (κ3) is 3.58. The fraction of sp³-hybridized carbons (Fsp3) is 0.231.